The maximum atomic E-state index is 5.39. The number of nitrogens with two attached hydrogens (primary N) is 1. The summed E-state index contributed by atoms with van der Waals surface area (Å²) in [5.41, 5.74) is 10.2. The molecule has 1 aromatic carbocycles. The predicted octanol–water partition coefficient (Wildman–Crippen LogP) is 2.80. The lowest BCUT2D eigenvalue weighted by Gasteiger charge is -2.07. The molecule has 0 radical (unpaired) electrons. The SMILES string of the molecule is CCCCC/C(=N/NC(N)=S)c1ccccc1. The van der Waals surface area contributed by atoms with E-state index in [-0.39, 0.29) is 5.11 Å². The van der Waals surface area contributed by atoms with Crippen molar-refractivity contribution in [3.8, 4) is 0 Å². The summed E-state index contributed by atoms with van der Waals surface area (Å²) in [5, 5.41) is 4.47. The van der Waals surface area contributed by atoms with E-state index in [1.54, 1.807) is 0 Å². The van der Waals surface area contributed by atoms with Crippen LogP contribution in [0.25, 0.3) is 0 Å². The summed E-state index contributed by atoms with van der Waals surface area (Å²) in [7, 11) is 0. The van der Waals surface area contributed by atoms with Gasteiger partial charge in [-0.05, 0) is 30.6 Å². The first-order chi connectivity index (χ1) is 8.24. The summed E-state index contributed by atoms with van der Waals surface area (Å²) in [6.45, 7) is 2.19. The van der Waals surface area contributed by atoms with E-state index >= 15 is 0 Å². The highest BCUT2D eigenvalue weighted by Gasteiger charge is 2.03. The van der Waals surface area contributed by atoms with E-state index in [2.05, 4.69) is 17.5 Å². The van der Waals surface area contributed by atoms with Gasteiger partial charge in [-0.3, -0.25) is 5.43 Å². The first-order valence-electron chi connectivity index (χ1n) is 5.91. The summed E-state index contributed by atoms with van der Waals surface area (Å²) < 4.78 is 0. The Morgan fingerprint density at radius 1 is 1.29 bits per heavy atom. The minimum Gasteiger partial charge on any atom is -0.375 e. The normalized spacial score (nSPS) is 11.2. The molecule has 0 aromatic heterocycles. The van der Waals surface area contributed by atoms with Crippen LogP contribution in [0.5, 0.6) is 0 Å². The number of hydrogen-bond donors (Lipinski definition) is 2. The summed E-state index contributed by atoms with van der Waals surface area (Å²) in [4.78, 5) is 0. The maximum Gasteiger partial charge on any atom is 0.184 e. The minimum atomic E-state index is 0.203. The predicted molar refractivity (Wildman–Crippen MR) is 77.0 cm³/mol. The Labute approximate surface area is 108 Å². The van der Waals surface area contributed by atoms with Crippen molar-refractivity contribution >= 4 is 23.0 Å². The molecule has 0 unspecified atom stereocenters. The summed E-state index contributed by atoms with van der Waals surface area (Å²) in [5.74, 6) is 0. The van der Waals surface area contributed by atoms with Crippen molar-refractivity contribution in [1.29, 1.82) is 0 Å². The van der Waals surface area contributed by atoms with Gasteiger partial charge in [0.15, 0.2) is 5.11 Å². The molecular weight excluding hydrogens is 230 g/mol. The quantitative estimate of drug-likeness (QED) is 0.353. The fourth-order valence-corrected chi connectivity index (χ4v) is 1.61. The lowest BCUT2D eigenvalue weighted by Crippen LogP contribution is -2.25. The molecule has 92 valence electrons. The van der Waals surface area contributed by atoms with E-state index < -0.39 is 0 Å². The van der Waals surface area contributed by atoms with Crippen LogP contribution in [0.2, 0.25) is 0 Å². The third kappa shape index (κ3) is 5.45. The average molecular weight is 249 g/mol. The molecule has 0 bridgehead atoms. The molecule has 0 aliphatic carbocycles. The number of hydrazone groups is 1. The zero-order chi connectivity index (χ0) is 12.5. The van der Waals surface area contributed by atoms with E-state index in [4.69, 9.17) is 18.0 Å². The van der Waals surface area contributed by atoms with E-state index in [1.807, 2.05) is 30.3 Å². The highest BCUT2D eigenvalue weighted by atomic mass is 32.1. The molecule has 1 rings (SSSR count). The van der Waals surface area contributed by atoms with Gasteiger partial charge in [-0.25, -0.2) is 0 Å². The minimum absolute atomic E-state index is 0.203. The fourth-order valence-electron chi connectivity index (χ4n) is 1.56. The van der Waals surface area contributed by atoms with Gasteiger partial charge in [0.05, 0.1) is 5.71 Å². The van der Waals surface area contributed by atoms with Gasteiger partial charge >= 0.3 is 0 Å². The van der Waals surface area contributed by atoms with Gasteiger partial charge in [0.25, 0.3) is 0 Å². The second kappa shape index (κ2) is 7.79. The number of thiocarbonyl (C=S) groups is 1. The largest absolute Gasteiger partial charge is 0.375 e. The van der Waals surface area contributed by atoms with Crippen LogP contribution in [0.1, 0.15) is 38.2 Å². The Morgan fingerprint density at radius 2 is 2.00 bits per heavy atom. The summed E-state index contributed by atoms with van der Waals surface area (Å²) in [6, 6.07) is 10.1. The van der Waals surface area contributed by atoms with Crippen LogP contribution in [0.15, 0.2) is 35.4 Å². The summed E-state index contributed by atoms with van der Waals surface area (Å²) in [6.07, 6.45) is 4.47. The molecule has 0 saturated heterocycles. The molecule has 3 nitrogen and oxygen atoms in total. The first kappa shape index (κ1) is 13.6. The zero-order valence-electron chi connectivity index (χ0n) is 10.1. The molecule has 0 fully saturated rings. The van der Waals surface area contributed by atoms with E-state index in [9.17, 15) is 0 Å². The first-order valence-corrected chi connectivity index (χ1v) is 6.32. The zero-order valence-corrected chi connectivity index (χ0v) is 11.0. The van der Waals surface area contributed by atoms with E-state index in [0.29, 0.717) is 0 Å². The van der Waals surface area contributed by atoms with Crippen molar-refractivity contribution in [2.45, 2.75) is 32.6 Å². The molecule has 0 amide bonds. The van der Waals surface area contributed by atoms with Crippen molar-refractivity contribution in [1.82, 2.24) is 5.43 Å². The Kier molecular flexibility index (Phi) is 6.25. The van der Waals surface area contributed by atoms with Gasteiger partial charge in [-0.15, -0.1) is 0 Å². The smallest absolute Gasteiger partial charge is 0.184 e. The fraction of sp³-hybridized carbons (Fsp3) is 0.385. The molecule has 0 atom stereocenters. The Bertz CT molecular complexity index is 374. The standard InChI is InChI=1S/C13H19N3S/c1-2-3-5-10-12(15-16-13(14)17)11-8-6-4-7-9-11/h4,6-9H,2-3,5,10H2,1H3,(H3,14,16,17)/b15-12-. The molecule has 0 aliphatic heterocycles. The lowest BCUT2D eigenvalue weighted by atomic mass is 10.0. The van der Waals surface area contributed by atoms with Gasteiger partial charge in [-0.1, -0.05) is 50.1 Å². The van der Waals surface area contributed by atoms with Crippen molar-refractivity contribution in [2.75, 3.05) is 0 Å². The molecular formula is C13H19N3S. The number of unbranched alkanes of at least 4 members (excludes halogenated alkanes) is 2. The molecule has 0 heterocycles. The van der Waals surface area contributed by atoms with Crippen LogP contribution >= 0.6 is 12.2 Å². The number of nitrogens with one attached hydrogen (secondary N) is 1. The van der Waals surface area contributed by atoms with Crippen LogP contribution in [0.4, 0.5) is 0 Å². The number of hydrogen-bond acceptors (Lipinski definition) is 2. The number of rotatable bonds is 6. The Balaban J connectivity index is 2.72. The average Bonchev–Trinajstić information content (AvgIpc) is 2.34. The topological polar surface area (TPSA) is 50.4 Å². The highest BCUT2D eigenvalue weighted by molar-refractivity contribution is 7.80. The Morgan fingerprint density at radius 3 is 2.59 bits per heavy atom. The van der Waals surface area contributed by atoms with Crippen molar-refractivity contribution < 1.29 is 0 Å². The van der Waals surface area contributed by atoms with Crippen molar-refractivity contribution in [3.05, 3.63) is 35.9 Å². The van der Waals surface area contributed by atoms with Crippen LogP contribution in [-0.4, -0.2) is 10.8 Å². The molecule has 4 heteroatoms. The third-order valence-electron chi connectivity index (χ3n) is 2.43. The maximum absolute atomic E-state index is 5.39. The van der Waals surface area contributed by atoms with Gasteiger partial charge in [-0.2, -0.15) is 5.10 Å². The third-order valence-corrected chi connectivity index (χ3v) is 2.52. The second-order valence-corrected chi connectivity index (χ2v) is 4.30. The molecule has 3 N–H and O–H groups in total. The van der Waals surface area contributed by atoms with Crippen molar-refractivity contribution in [2.24, 2.45) is 10.8 Å². The highest BCUT2D eigenvalue weighted by Crippen LogP contribution is 2.08. The van der Waals surface area contributed by atoms with Gasteiger partial charge in [0, 0.05) is 0 Å². The van der Waals surface area contributed by atoms with Gasteiger partial charge in [0.1, 0.15) is 0 Å². The Hall–Kier alpha value is -1.42. The lowest BCUT2D eigenvalue weighted by molar-refractivity contribution is 0.739. The van der Waals surface area contributed by atoms with Crippen LogP contribution in [0, 0.1) is 0 Å². The van der Waals surface area contributed by atoms with Crippen LogP contribution in [-0.2, 0) is 0 Å². The molecule has 0 saturated carbocycles. The van der Waals surface area contributed by atoms with Gasteiger partial charge in [0.2, 0.25) is 0 Å². The van der Waals surface area contributed by atoms with Gasteiger partial charge < -0.3 is 5.73 Å². The monoisotopic (exact) mass is 249 g/mol. The second-order valence-electron chi connectivity index (χ2n) is 3.86. The van der Waals surface area contributed by atoms with Crippen LogP contribution < -0.4 is 11.2 Å². The van der Waals surface area contributed by atoms with Crippen molar-refractivity contribution in [3.63, 3.8) is 0 Å². The van der Waals surface area contributed by atoms with E-state index in [0.717, 1.165) is 24.1 Å². The van der Waals surface area contributed by atoms with Crippen LogP contribution in [0.3, 0.4) is 0 Å². The summed E-state index contributed by atoms with van der Waals surface area (Å²) >= 11 is 4.76. The molecule has 0 aliphatic rings. The number of nitrogens with zero attached hydrogens (tertiary/aromatic N) is 1. The molecule has 17 heavy (non-hydrogen) atoms. The van der Waals surface area contributed by atoms with E-state index in [1.165, 1.54) is 12.8 Å². The number of benzene rings is 1. The molecule has 1 aromatic rings. The molecule has 0 spiro atoms.